The van der Waals surface area contributed by atoms with Crippen molar-refractivity contribution in [3.05, 3.63) is 76.7 Å². The van der Waals surface area contributed by atoms with E-state index in [1.54, 1.807) is 0 Å². The van der Waals surface area contributed by atoms with E-state index in [0.29, 0.717) is 0 Å². The first-order valence-corrected chi connectivity index (χ1v) is 9.82. The number of aryl methyl sites for hydroxylation is 1. The van der Waals surface area contributed by atoms with Crippen LogP contribution in [0.25, 0.3) is 5.69 Å². The summed E-state index contributed by atoms with van der Waals surface area (Å²) >= 11 is 6.30. The van der Waals surface area contributed by atoms with E-state index in [9.17, 15) is 0 Å². The number of pyridine rings is 1. The average molecular weight is 381 g/mol. The normalized spacial score (nSPS) is 15.3. The van der Waals surface area contributed by atoms with Crippen molar-refractivity contribution in [2.75, 3.05) is 31.1 Å². The summed E-state index contributed by atoms with van der Waals surface area (Å²) in [6.07, 6.45) is 1.81. The van der Waals surface area contributed by atoms with E-state index in [2.05, 4.69) is 69.6 Å². The molecule has 1 saturated heterocycles. The van der Waals surface area contributed by atoms with E-state index in [0.717, 1.165) is 43.6 Å². The fourth-order valence-electron chi connectivity index (χ4n) is 3.93. The molecule has 1 aromatic carbocycles. The third kappa shape index (κ3) is 3.73. The van der Waals surface area contributed by atoms with Crippen molar-refractivity contribution in [1.29, 1.82) is 0 Å². The molecule has 1 aliphatic heterocycles. The Bertz CT molecular complexity index is 911. The lowest BCUT2D eigenvalue weighted by Crippen LogP contribution is -2.46. The van der Waals surface area contributed by atoms with Crippen LogP contribution >= 0.6 is 11.6 Å². The fraction of sp³-hybridized carbons (Fsp3) is 0.318. The molecule has 1 aliphatic rings. The standard InChI is InChI=1S/C22H25ClN4/c1-17-15-19(18(2)27(17)20-7-4-3-5-8-20)16-25-11-13-26(14-12-25)22-21(23)9-6-10-24-22/h3-10,15H,11-14,16H2,1-2H3. The molecular formula is C22H25ClN4. The van der Waals surface area contributed by atoms with E-state index in [1.165, 1.54) is 22.6 Å². The van der Waals surface area contributed by atoms with Crippen LogP contribution in [0.1, 0.15) is 17.0 Å². The van der Waals surface area contributed by atoms with Gasteiger partial charge < -0.3 is 9.47 Å². The molecule has 0 aliphatic carbocycles. The highest BCUT2D eigenvalue weighted by Gasteiger charge is 2.21. The first-order chi connectivity index (χ1) is 13.1. The molecule has 4 rings (SSSR count). The highest BCUT2D eigenvalue weighted by molar-refractivity contribution is 6.32. The van der Waals surface area contributed by atoms with E-state index in [-0.39, 0.29) is 0 Å². The molecule has 0 N–H and O–H groups in total. The summed E-state index contributed by atoms with van der Waals surface area (Å²) in [5.41, 5.74) is 5.25. The summed E-state index contributed by atoms with van der Waals surface area (Å²) in [6, 6.07) is 16.7. The zero-order chi connectivity index (χ0) is 18.8. The lowest BCUT2D eigenvalue weighted by Gasteiger charge is -2.35. The molecule has 3 aromatic rings. The van der Waals surface area contributed by atoms with Gasteiger partial charge in [-0.2, -0.15) is 0 Å². The van der Waals surface area contributed by atoms with Gasteiger partial charge in [-0.15, -0.1) is 0 Å². The van der Waals surface area contributed by atoms with Gasteiger partial charge in [0.1, 0.15) is 5.82 Å². The number of halogens is 1. The van der Waals surface area contributed by atoms with Crippen LogP contribution < -0.4 is 4.90 Å². The molecule has 0 saturated carbocycles. The van der Waals surface area contributed by atoms with E-state index in [4.69, 9.17) is 11.6 Å². The quantitative estimate of drug-likeness (QED) is 0.667. The molecule has 4 nitrogen and oxygen atoms in total. The molecule has 27 heavy (non-hydrogen) atoms. The van der Waals surface area contributed by atoms with E-state index < -0.39 is 0 Å². The van der Waals surface area contributed by atoms with Crippen molar-refractivity contribution in [1.82, 2.24) is 14.5 Å². The number of piperazine rings is 1. The Labute approximate surface area is 166 Å². The Morgan fingerprint density at radius 2 is 1.70 bits per heavy atom. The van der Waals surface area contributed by atoms with Crippen molar-refractivity contribution in [2.45, 2.75) is 20.4 Å². The molecule has 0 unspecified atom stereocenters. The number of hydrogen-bond acceptors (Lipinski definition) is 3. The summed E-state index contributed by atoms with van der Waals surface area (Å²) in [4.78, 5) is 9.25. The summed E-state index contributed by atoms with van der Waals surface area (Å²) in [6.45, 7) is 9.33. The fourth-order valence-corrected chi connectivity index (χ4v) is 4.17. The zero-order valence-corrected chi connectivity index (χ0v) is 16.7. The Balaban J connectivity index is 1.45. The van der Waals surface area contributed by atoms with Crippen molar-refractivity contribution in [3.8, 4) is 5.69 Å². The highest BCUT2D eigenvalue weighted by Crippen LogP contribution is 2.25. The number of hydrogen-bond donors (Lipinski definition) is 0. The first-order valence-electron chi connectivity index (χ1n) is 9.44. The molecule has 0 spiro atoms. The van der Waals surface area contributed by atoms with Gasteiger partial charge >= 0.3 is 0 Å². The van der Waals surface area contributed by atoms with Crippen LogP contribution in [0.4, 0.5) is 5.82 Å². The van der Waals surface area contributed by atoms with Gasteiger partial charge in [0.15, 0.2) is 0 Å². The van der Waals surface area contributed by atoms with E-state index in [1.807, 2.05) is 18.3 Å². The van der Waals surface area contributed by atoms with Crippen LogP contribution in [0.5, 0.6) is 0 Å². The molecule has 0 bridgehead atoms. The summed E-state index contributed by atoms with van der Waals surface area (Å²) < 4.78 is 2.35. The molecule has 0 atom stereocenters. The largest absolute Gasteiger partial charge is 0.353 e. The zero-order valence-electron chi connectivity index (χ0n) is 15.9. The van der Waals surface area contributed by atoms with Gasteiger partial charge in [-0.25, -0.2) is 4.98 Å². The third-order valence-corrected chi connectivity index (χ3v) is 5.65. The SMILES string of the molecule is Cc1cc(CN2CCN(c3ncccc3Cl)CC2)c(C)n1-c1ccccc1. The lowest BCUT2D eigenvalue weighted by molar-refractivity contribution is 0.249. The summed E-state index contributed by atoms with van der Waals surface area (Å²) in [5.74, 6) is 0.904. The second-order valence-electron chi connectivity index (χ2n) is 7.14. The lowest BCUT2D eigenvalue weighted by atomic mass is 10.2. The van der Waals surface area contributed by atoms with Crippen LogP contribution in [0.2, 0.25) is 5.02 Å². The molecule has 140 valence electrons. The number of anilines is 1. The van der Waals surface area contributed by atoms with Crippen LogP contribution in [0.3, 0.4) is 0 Å². The predicted octanol–water partition coefficient (Wildman–Crippen LogP) is 4.46. The summed E-state index contributed by atoms with van der Waals surface area (Å²) in [7, 11) is 0. The third-order valence-electron chi connectivity index (χ3n) is 5.36. The van der Waals surface area contributed by atoms with Crippen molar-refractivity contribution in [2.24, 2.45) is 0 Å². The number of benzene rings is 1. The second kappa shape index (κ2) is 7.75. The monoisotopic (exact) mass is 380 g/mol. The van der Waals surface area contributed by atoms with E-state index >= 15 is 0 Å². The van der Waals surface area contributed by atoms with Crippen molar-refractivity contribution in [3.63, 3.8) is 0 Å². The van der Waals surface area contributed by atoms with Crippen molar-refractivity contribution >= 4 is 17.4 Å². The number of nitrogens with zero attached hydrogens (tertiary/aromatic N) is 4. The molecular weight excluding hydrogens is 356 g/mol. The first kappa shape index (κ1) is 18.1. The number of rotatable bonds is 4. The van der Waals surface area contributed by atoms with Gasteiger partial charge in [-0.3, -0.25) is 4.90 Å². The number of aromatic nitrogens is 2. The maximum Gasteiger partial charge on any atom is 0.147 e. The van der Waals surface area contributed by atoms with Crippen LogP contribution in [0, 0.1) is 13.8 Å². The predicted molar refractivity (Wildman–Crippen MR) is 112 cm³/mol. The maximum atomic E-state index is 6.30. The minimum Gasteiger partial charge on any atom is -0.353 e. The average Bonchev–Trinajstić information content (AvgIpc) is 2.97. The van der Waals surface area contributed by atoms with Gasteiger partial charge in [-0.05, 0) is 49.7 Å². The Kier molecular flexibility index (Phi) is 5.19. The molecule has 5 heteroatoms. The van der Waals surface area contributed by atoms with Crippen molar-refractivity contribution < 1.29 is 0 Å². The number of para-hydroxylation sites is 1. The highest BCUT2D eigenvalue weighted by atomic mass is 35.5. The van der Waals surface area contributed by atoms with Gasteiger partial charge in [0.2, 0.25) is 0 Å². The minimum absolute atomic E-state index is 0.734. The van der Waals surface area contributed by atoms with Gasteiger partial charge in [0, 0.05) is 56.0 Å². The van der Waals surface area contributed by atoms with Crippen LogP contribution in [-0.4, -0.2) is 40.6 Å². The Morgan fingerprint density at radius 1 is 0.963 bits per heavy atom. The van der Waals surface area contributed by atoms with Crippen LogP contribution in [-0.2, 0) is 6.54 Å². The molecule has 0 radical (unpaired) electrons. The maximum absolute atomic E-state index is 6.30. The molecule has 2 aromatic heterocycles. The minimum atomic E-state index is 0.734. The Hall–Kier alpha value is -2.30. The Morgan fingerprint density at radius 3 is 2.41 bits per heavy atom. The smallest absolute Gasteiger partial charge is 0.147 e. The van der Waals surface area contributed by atoms with Gasteiger partial charge in [0.25, 0.3) is 0 Å². The van der Waals surface area contributed by atoms with Gasteiger partial charge in [-0.1, -0.05) is 29.8 Å². The molecule has 3 heterocycles. The van der Waals surface area contributed by atoms with Gasteiger partial charge in [0.05, 0.1) is 5.02 Å². The topological polar surface area (TPSA) is 24.3 Å². The molecule has 1 fully saturated rings. The second-order valence-corrected chi connectivity index (χ2v) is 7.55. The molecule has 0 amide bonds. The summed E-state index contributed by atoms with van der Waals surface area (Å²) in [5, 5.41) is 0.734. The van der Waals surface area contributed by atoms with Crippen LogP contribution in [0.15, 0.2) is 54.7 Å².